The highest BCUT2D eigenvalue weighted by atomic mass is 32.1. The van der Waals surface area contributed by atoms with E-state index in [4.69, 9.17) is 9.47 Å². The van der Waals surface area contributed by atoms with Gasteiger partial charge in [-0.2, -0.15) is 0 Å². The molecule has 0 atom stereocenters. The lowest BCUT2D eigenvalue weighted by Crippen LogP contribution is -2.50. The number of rotatable bonds is 2. The van der Waals surface area contributed by atoms with Crippen LogP contribution in [0.5, 0.6) is 11.5 Å². The fraction of sp³-hybridized carbons (Fsp3) is 0.238. The monoisotopic (exact) mass is 412 g/mol. The first-order valence-electron chi connectivity index (χ1n) is 9.26. The van der Waals surface area contributed by atoms with E-state index in [0.717, 1.165) is 4.70 Å². The summed E-state index contributed by atoms with van der Waals surface area (Å²) < 4.78 is 25.3. The van der Waals surface area contributed by atoms with E-state index in [-0.39, 0.29) is 24.4 Å². The van der Waals surface area contributed by atoms with Gasteiger partial charge in [0.05, 0.1) is 4.88 Å². The van der Waals surface area contributed by atoms with Crippen molar-refractivity contribution in [2.45, 2.75) is 0 Å². The van der Waals surface area contributed by atoms with Crippen LogP contribution < -0.4 is 9.47 Å². The normalized spacial score (nSPS) is 15.8. The minimum Gasteiger partial charge on any atom is -0.454 e. The Hall–Kier alpha value is -3.13. The van der Waals surface area contributed by atoms with E-state index in [1.807, 2.05) is 6.07 Å². The van der Waals surface area contributed by atoms with E-state index in [2.05, 4.69) is 0 Å². The Balaban J connectivity index is 1.26. The van der Waals surface area contributed by atoms with Gasteiger partial charge in [-0.1, -0.05) is 6.07 Å². The summed E-state index contributed by atoms with van der Waals surface area (Å²) in [5.41, 5.74) is 0.536. The second kappa shape index (κ2) is 7.04. The summed E-state index contributed by atoms with van der Waals surface area (Å²) >= 11 is 1.29. The van der Waals surface area contributed by atoms with Gasteiger partial charge in [-0.3, -0.25) is 9.59 Å². The maximum absolute atomic E-state index is 13.9. The molecule has 0 N–H and O–H groups in total. The van der Waals surface area contributed by atoms with Crippen molar-refractivity contribution in [2.75, 3.05) is 33.0 Å². The summed E-state index contributed by atoms with van der Waals surface area (Å²) in [5, 5.41) is 0.470. The summed E-state index contributed by atoms with van der Waals surface area (Å²) in [6.07, 6.45) is 0. The zero-order valence-corrected chi connectivity index (χ0v) is 16.2. The Morgan fingerprint density at radius 3 is 2.38 bits per heavy atom. The molecule has 2 aromatic carbocycles. The third-order valence-corrected chi connectivity index (χ3v) is 6.28. The summed E-state index contributed by atoms with van der Waals surface area (Å²) in [4.78, 5) is 29.6. The predicted octanol–water partition coefficient (Wildman–Crippen LogP) is 3.37. The third kappa shape index (κ3) is 3.19. The number of hydrogen-bond acceptors (Lipinski definition) is 5. The largest absolute Gasteiger partial charge is 0.454 e. The Morgan fingerprint density at radius 1 is 0.897 bits per heavy atom. The molecule has 0 saturated carbocycles. The molecule has 0 radical (unpaired) electrons. The van der Waals surface area contributed by atoms with Gasteiger partial charge in [0.15, 0.2) is 11.5 Å². The molecular weight excluding hydrogens is 395 g/mol. The highest BCUT2D eigenvalue weighted by Gasteiger charge is 2.27. The molecule has 5 rings (SSSR count). The molecule has 0 spiro atoms. The molecule has 0 bridgehead atoms. The summed E-state index contributed by atoms with van der Waals surface area (Å²) in [6, 6.07) is 11.6. The fourth-order valence-corrected chi connectivity index (χ4v) is 4.65. The molecule has 29 heavy (non-hydrogen) atoms. The van der Waals surface area contributed by atoms with Crippen molar-refractivity contribution in [1.29, 1.82) is 0 Å². The van der Waals surface area contributed by atoms with E-state index in [1.54, 1.807) is 40.1 Å². The van der Waals surface area contributed by atoms with Crippen LogP contribution in [0.2, 0.25) is 0 Å². The van der Waals surface area contributed by atoms with Crippen LogP contribution in [-0.4, -0.2) is 54.6 Å². The van der Waals surface area contributed by atoms with E-state index in [9.17, 15) is 14.0 Å². The lowest BCUT2D eigenvalue weighted by atomic mass is 10.1. The lowest BCUT2D eigenvalue weighted by Gasteiger charge is -2.34. The average molecular weight is 412 g/mol. The van der Waals surface area contributed by atoms with Crippen LogP contribution in [0.4, 0.5) is 4.39 Å². The molecule has 2 aliphatic rings. The van der Waals surface area contributed by atoms with E-state index in [1.165, 1.54) is 17.4 Å². The van der Waals surface area contributed by atoms with Crippen LogP contribution in [0, 0.1) is 5.82 Å². The molecule has 2 aliphatic heterocycles. The van der Waals surface area contributed by atoms with Gasteiger partial charge in [-0.15, -0.1) is 11.3 Å². The first-order chi connectivity index (χ1) is 14.1. The molecule has 148 valence electrons. The third-order valence-electron chi connectivity index (χ3n) is 5.19. The van der Waals surface area contributed by atoms with Crippen molar-refractivity contribution in [3.05, 3.63) is 58.7 Å². The minimum absolute atomic E-state index is 0.0978. The molecular formula is C21H17FN2O4S. The Kier molecular flexibility index (Phi) is 4.35. The first kappa shape index (κ1) is 17.9. The number of piperazine rings is 1. The van der Waals surface area contributed by atoms with Gasteiger partial charge < -0.3 is 19.3 Å². The van der Waals surface area contributed by atoms with Gasteiger partial charge in [-0.05, 0) is 36.4 Å². The van der Waals surface area contributed by atoms with Crippen molar-refractivity contribution < 1.29 is 23.5 Å². The molecule has 2 amide bonds. The minimum atomic E-state index is -0.322. The zero-order chi connectivity index (χ0) is 20.0. The number of nitrogens with zero attached hydrogens (tertiary/aromatic N) is 2. The quantitative estimate of drug-likeness (QED) is 0.648. The lowest BCUT2D eigenvalue weighted by molar-refractivity contribution is 0.0538. The van der Waals surface area contributed by atoms with Crippen molar-refractivity contribution in [3.63, 3.8) is 0 Å². The summed E-state index contributed by atoms with van der Waals surface area (Å²) in [5.74, 6) is 0.662. The molecule has 8 heteroatoms. The first-order valence-corrected chi connectivity index (χ1v) is 10.1. The van der Waals surface area contributed by atoms with Crippen LogP contribution in [-0.2, 0) is 0 Å². The zero-order valence-electron chi connectivity index (χ0n) is 15.4. The smallest absolute Gasteiger partial charge is 0.264 e. The van der Waals surface area contributed by atoms with Crippen LogP contribution in [0.15, 0.2) is 42.5 Å². The van der Waals surface area contributed by atoms with E-state index >= 15 is 0 Å². The number of carbonyl (C=O) groups excluding carboxylic acids is 2. The van der Waals surface area contributed by atoms with Crippen molar-refractivity contribution in [1.82, 2.24) is 9.80 Å². The molecule has 3 heterocycles. The van der Waals surface area contributed by atoms with Gasteiger partial charge >= 0.3 is 0 Å². The van der Waals surface area contributed by atoms with Gasteiger partial charge in [0, 0.05) is 41.8 Å². The number of thiophene rings is 1. The molecule has 3 aromatic rings. The van der Waals surface area contributed by atoms with Crippen LogP contribution in [0.3, 0.4) is 0 Å². The van der Waals surface area contributed by atoms with Crippen LogP contribution in [0.25, 0.3) is 10.1 Å². The number of benzene rings is 2. The van der Waals surface area contributed by atoms with E-state index in [0.29, 0.717) is 53.5 Å². The van der Waals surface area contributed by atoms with Gasteiger partial charge in [-0.25, -0.2) is 4.39 Å². The molecule has 6 nitrogen and oxygen atoms in total. The standard InChI is InChI=1S/C21H17FN2O4S/c22-15-2-1-3-18-14(15)11-19(29-18)21(26)24-8-6-23(7-9-24)20(25)13-4-5-16-17(10-13)28-12-27-16/h1-5,10-11H,6-9,12H2. The Bertz CT molecular complexity index is 1120. The molecule has 0 unspecified atom stereocenters. The maximum Gasteiger partial charge on any atom is 0.264 e. The molecule has 0 aliphatic carbocycles. The van der Waals surface area contributed by atoms with Crippen molar-refractivity contribution >= 4 is 33.2 Å². The topological polar surface area (TPSA) is 59.1 Å². The SMILES string of the molecule is O=C(c1ccc2c(c1)OCO2)N1CCN(C(=O)c2cc3c(F)cccc3s2)CC1. The number of halogens is 1. The highest BCUT2D eigenvalue weighted by Crippen LogP contribution is 2.33. The number of amides is 2. The predicted molar refractivity (Wildman–Crippen MR) is 106 cm³/mol. The highest BCUT2D eigenvalue weighted by molar-refractivity contribution is 7.20. The van der Waals surface area contributed by atoms with Gasteiger partial charge in [0.1, 0.15) is 5.82 Å². The molecule has 1 saturated heterocycles. The Labute approximate surface area is 170 Å². The average Bonchev–Trinajstić information content (AvgIpc) is 3.40. The summed E-state index contributed by atoms with van der Waals surface area (Å²) in [6.45, 7) is 1.92. The molecule has 1 aromatic heterocycles. The number of hydrogen-bond donors (Lipinski definition) is 0. The Morgan fingerprint density at radius 2 is 1.62 bits per heavy atom. The number of ether oxygens (including phenoxy) is 2. The summed E-state index contributed by atoms with van der Waals surface area (Å²) in [7, 11) is 0. The number of carbonyl (C=O) groups is 2. The number of fused-ring (bicyclic) bond motifs is 2. The molecule has 1 fully saturated rings. The van der Waals surface area contributed by atoms with Crippen molar-refractivity contribution in [3.8, 4) is 11.5 Å². The van der Waals surface area contributed by atoms with Crippen molar-refractivity contribution in [2.24, 2.45) is 0 Å². The second-order valence-electron chi connectivity index (χ2n) is 6.91. The van der Waals surface area contributed by atoms with Gasteiger partial charge in [0.2, 0.25) is 6.79 Å². The second-order valence-corrected chi connectivity index (χ2v) is 8.00. The maximum atomic E-state index is 13.9. The van der Waals surface area contributed by atoms with E-state index < -0.39 is 0 Å². The fourth-order valence-electron chi connectivity index (χ4n) is 3.61. The van der Waals surface area contributed by atoms with Crippen LogP contribution >= 0.6 is 11.3 Å². The van der Waals surface area contributed by atoms with Crippen LogP contribution in [0.1, 0.15) is 20.0 Å². The van der Waals surface area contributed by atoms with Gasteiger partial charge in [0.25, 0.3) is 11.8 Å².